The minimum Gasteiger partial charge on any atom is -0.346 e. The fraction of sp³-hybridized carbons (Fsp3) is 0.333. The summed E-state index contributed by atoms with van der Waals surface area (Å²) < 4.78 is 1.76. The first-order valence-electron chi connectivity index (χ1n) is 6.34. The third-order valence-electron chi connectivity index (χ3n) is 2.80. The van der Waals surface area contributed by atoms with Crippen LogP contribution >= 0.6 is 39.9 Å². The molecule has 2 nitrogen and oxygen atoms in total. The highest BCUT2D eigenvalue weighted by molar-refractivity contribution is 9.10. The number of benzene rings is 1. The van der Waals surface area contributed by atoms with E-state index >= 15 is 0 Å². The van der Waals surface area contributed by atoms with Gasteiger partial charge < -0.3 is 4.98 Å². The van der Waals surface area contributed by atoms with Crippen LogP contribution in [0.1, 0.15) is 32.3 Å². The van der Waals surface area contributed by atoms with E-state index in [0.717, 1.165) is 21.7 Å². The van der Waals surface area contributed by atoms with Crippen molar-refractivity contribution in [1.29, 1.82) is 0 Å². The Balaban J connectivity index is 2.20. The molecule has 1 heterocycles. The number of nitrogens with one attached hydrogen (secondary N) is 1. The molecule has 0 bridgehead atoms. The van der Waals surface area contributed by atoms with Gasteiger partial charge in [-0.05, 0) is 34.1 Å². The molecular weight excluding hydrogens is 352 g/mol. The summed E-state index contributed by atoms with van der Waals surface area (Å²) in [5.74, 6) is 1.69. The van der Waals surface area contributed by atoms with E-state index in [4.69, 9.17) is 12.2 Å². The van der Waals surface area contributed by atoms with Crippen molar-refractivity contribution < 1.29 is 0 Å². The van der Waals surface area contributed by atoms with Gasteiger partial charge in [0.2, 0.25) is 0 Å². The summed E-state index contributed by atoms with van der Waals surface area (Å²) in [5.41, 5.74) is 1.17. The molecule has 5 heteroatoms. The van der Waals surface area contributed by atoms with Gasteiger partial charge in [-0.15, -0.1) is 11.8 Å². The van der Waals surface area contributed by atoms with Crippen LogP contribution in [0.2, 0.25) is 0 Å². The highest BCUT2D eigenvalue weighted by atomic mass is 79.9. The Hall–Kier alpha value is -0.650. The van der Waals surface area contributed by atoms with E-state index in [2.05, 4.69) is 52.7 Å². The summed E-state index contributed by atoms with van der Waals surface area (Å²) in [6.45, 7) is 6.49. The molecule has 106 valence electrons. The van der Waals surface area contributed by atoms with E-state index in [1.165, 1.54) is 4.90 Å². The molecule has 0 saturated heterocycles. The molecule has 1 N–H and O–H groups in total. The third-order valence-corrected chi connectivity index (χ3v) is 5.05. The predicted octanol–water partition coefficient (Wildman–Crippen LogP) is 5.49. The van der Waals surface area contributed by atoms with E-state index in [0.29, 0.717) is 4.64 Å². The maximum Gasteiger partial charge on any atom is 0.130 e. The average Bonchev–Trinajstić information content (AvgIpc) is 2.36. The molecular formula is C15H17BrN2S2. The van der Waals surface area contributed by atoms with Crippen LogP contribution in [-0.4, -0.2) is 9.97 Å². The number of nitrogens with zero attached hydrogens (tertiary/aromatic N) is 1. The van der Waals surface area contributed by atoms with Crippen molar-refractivity contribution in [3.05, 3.63) is 51.0 Å². The second-order valence-corrected chi connectivity index (χ2v) is 7.84. The van der Waals surface area contributed by atoms with E-state index < -0.39 is 0 Å². The predicted molar refractivity (Wildman–Crippen MR) is 91.8 cm³/mol. The van der Waals surface area contributed by atoms with Crippen LogP contribution in [0.4, 0.5) is 0 Å². The molecule has 0 radical (unpaired) electrons. The molecule has 0 amide bonds. The lowest BCUT2D eigenvalue weighted by Gasteiger charge is -2.19. The molecule has 1 aromatic heterocycles. The van der Waals surface area contributed by atoms with Gasteiger partial charge in [0, 0.05) is 20.5 Å². The number of aromatic amines is 1. The molecule has 2 aromatic rings. The second kappa shape index (κ2) is 6.41. The van der Waals surface area contributed by atoms with E-state index in [-0.39, 0.29) is 5.41 Å². The van der Waals surface area contributed by atoms with Gasteiger partial charge in [0.05, 0.1) is 5.75 Å². The van der Waals surface area contributed by atoms with Crippen LogP contribution < -0.4 is 0 Å². The van der Waals surface area contributed by atoms with E-state index in [1.807, 2.05) is 24.3 Å². The summed E-state index contributed by atoms with van der Waals surface area (Å²) in [6.07, 6.45) is 0. The van der Waals surface area contributed by atoms with Crippen LogP contribution in [0.5, 0.6) is 0 Å². The molecule has 0 fully saturated rings. The van der Waals surface area contributed by atoms with Crippen molar-refractivity contribution in [3.63, 3.8) is 0 Å². The first-order valence-corrected chi connectivity index (χ1v) is 8.53. The lowest BCUT2D eigenvalue weighted by Crippen LogP contribution is -2.15. The van der Waals surface area contributed by atoms with Crippen molar-refractivity contribution in [2.75, 3.05) is 0 Å². The SMILES string of the molecule is CC(C)(C)c1cc(=S)nc(CSc2ccccc2Br)[nH]1. The van der Waals surface area contributed by atoms with Gasteiger partial charge in [0.15, 0.2) is 0 Å². The maximum absolute atomic E-state index is 5.26. The normalized spacial score (nSPS) is 11.6. The Kier molecular flexibility index (Phi) is 5.04. The Morgan fingerprint density at radius 2 is 2.00 bits per heavy atom. The minimum absolute atomic E-state index is 0.0449. The van der Waals surface area contributed by atoms with Crippen LogP contribution in [0.25, 0.3) is 0 Å². The van der Waals surface area contributed by atoms with Gasteiger partial charge >= 0.3 is 0 Å². The summed E-state index contributed by atoms with van der Waals surface area (Å²) in [4.78, 5) is 9.02. The third kappa shape index (κ3) is 4.17. The highest BCUT2D eigenvalue weighted by Crippen LogP contribution is 2.29. The number of halogens is 1. The zero-order valence-electron chi connectivity index (χ0n) is 11.7. The fourth-order valence-electron chi connectivity index (χ4n) is 1.69. The van der Waals surface area contributed by atoms with Gasteiger partial charge in [-0.25, -0.2) is 4.98 Å². The van der Waals surface area contributed by atoms with Crippen molar-refractivity contribution >= 4 is 39.9 Å². The Morgan fingerprint density at radius 3 is 2.65 bits per heavy atom. The largest absolute Gasteiger partial charge is 0.346 e. The first kappa shape index (κ1) is 15.7. The van der Waals surface area contributed by atoms with Gasteiger partial charge in [0.25, 0.3) is 0 Å². The topological polar surface area (TPSA) is 28.7 Å². The Bertz CT molecular complexity index is 659. The molecule has 0 aliphatic rings. The monoisotopic (exact) mass is 368 g/mol. The van der Waals surface area contributed by atoms with Gasteiger partial charge in [-0.2, -0.15) is 0 Å². The van der Waals surface area contributed by atoms with Crippen molar-refractivity contribution in [1.82, 2.24) is 9.97 Å². The zero-order chi connectivity index (χ0) is 14.8. The molecule has 20 heavy (non-hydrogen) atoms. The van der Waals surface area contributed by atoms with Crippen molar-refractivity contribution in [2.45, 2.75) is 36.8 Å². The number of thioether (sulfide) groups is 1. The highest BCUT2D eigenvalue weighted by Gasteiger charge is 2.15. The Labute approximate surface area is 137 Å². The molecule has 0 aliphatic carbocycles. The van der Waals surface area contributed by atoms with Crippen LogP contribution in [-0.2, 0) is 11.2 Å². The quantitative estimate of drug-likeness (QED) is 0.573. The lowest BCUT2D eigenvalue weighted by molar-refractivity contribution is 0.563. The maximum atomic E-state index is 5.26. The van der Waals surface area contributed by atoms with Crippen molar-refractivity contribution in [3.8, 4) is 0 Å². The standard InChI is InChI=1S/C15H17BrN2S2/c1-15(2,3)12-8-14(19)18-13(17-12)9-20-11-7-5-4-6-10(11)16/h4-8H,9H2,1-3H3,(H,17,18,19). The number of rotatable bonds is 3. The molecule has 1 aromatic carbocycles. The van der Waals surface area contributed by atoms with Crippen LogP contribution in [0, 0.1) is 4.64 Å². The van der Waals surface area contributed by atoms with Gasteiger partial charge in [-0.3, -0.25) is 0 Å². The molecule has 0 atom stereocenters. The van der Waals surface area contributed by atoms with E-state index in [1.54, 1.807) is 11.8 Å². The number of aromatic nitrogens is 2. The van der Waals surface area contributed by atoms with Gasteiger partial charge in [-0.1, -0.05) is 45.1 Å². The average molecular weight is 369 g/mol. The molecule has 0 aliphatic heterocycles. The summed E-state index contributed by atoms with van der Waals surface area (Å²) in [6, 6.07) is 10.1. The number of hydrogen-bond acceptors (Lipinski definition) is 3. The Morgan fingerprint density at radius 1 is 1.30 bits per heavy atom. The summed E-state index contributed by atoms with van der Waals surface area (Å²) >= 11 is 10.6. The van der Waals surface area contributed by atoms with E-state index in [9.17, 15) is 0 Å². The van der Waals surface area contributed by atoms with Crippen molar-refractivity contribution in [2.24, 2.45) is 0 Å². The molecule has 0 spiro atoms. The molecule has 0 saturated carbocycles. The van der Waals surface area contributed by atoms with Crippen LogP contribution in [0.15, 0.2) is 39.7 Å². The molecule has 2 rings (SSSR count). The lowest BCUT2D eigenvalue weighted by atomic mass is 9.92. The first-order chi connectivity index (χ1) is 9.36. The number of H-pyrrole nitrogens is 1. The number of hydrogen-bond donors (Lipinski definition) is 1. The molecule has 0 unspecified atom stereocenters. The zero-order valence-corrected chi connectivity index (χ0v) is 15.0. The van der Waals surface area contributed by atoms with Crippen LogP contribution in [0.3, 0.4) is 0 Å². The minimum atomic E-state index is 0.0449. The smallest absolute Gasteiger partial charge is 0.130 e. The fourth-order valence-corrected chi connectivity index (χ4v) is 3.35. The summed E-state index contributed by atoms with van der Waals surface area (Å²) in [7, 11) is 0. The van der Waals surface area contributed by atoms with Gasteiger partial charge in [0.1, 0.15) is 10.5 Å². The summed E-state index contributed by atoms with van der Waals surface area (Å²) in [5, 5.41) is 0. The second-order valence-electron chi connectivity index (χ2n) is 5.55.